The zero-order chi connectivity index (χ0) is 10.1. The van der Waals surface area contributed by atoms with Crippen molar-refractivity contribution in [1.82, 2.24) is 14.3 Å². The Labute approximate surface area is 77.5 Å². The first kappa shape index (κ1) is 10.1. The molecule has 1 aromatic heterocycles. The molecule has 0 aliphatic rings. The second-order valence-electron chi connectivity index (χ2n) is 2.75. The van der Waals surface area contributed by atoms with Gasteiger partial charge in [0.05, 0.1) is 12.4 Å². The molecular formula is C7H11N3O2S. The van der Waals surface area contributed by atoms with Gasteiger partial charge in [0.1, 0.15) is 10.7 Å². The van der Waals surface area contributed by atoms with Crippen LogP contribution < -0.4 is 0 Å². The van der Waals surface area contributed by atoms with Gasteiger partial charge in [-0.3, -0.25) is 0 Å². The summed E-state index contributed by atoms with van der Waals surface area (Å²) < 4.78 is 24.1. The fourth-order valence-electron chi connectivity index (χ4n) is 0.725. The molecule has 0 aromatic carbocycles. The van der Waals surface area contributed by atoms with Gasteiger partial charge in [0.25, 0.3) is 0 Å². The van der Waals surface area contributed by atoms with Gasteiger partial charge in [0.15, 0.2) is 0 Å². The summed E-state index contributed by atoms with van der Waals surface area (Å²) in [6, 6.07) is 0. The van der Waals surface area contributed by atoms with Crippen molar-refractivity contribution in [3.63, 3.8) is 0 Å². The molecule has 0 amide bonds. The Bertz CT molecular complexity index is 383. The van der Waals surface area contributed by atoms with Gasteiger partial charge in [-0.2, -0.15) is 0 Å². The van der Waals surface area contributed by atoms with Crippen LogP contribution in [0.4, 0.5) is 0 Å². The van der Waals surface area contributed by atoms with Crippen LogP contribution in [0.5, 0.6) is 0 Å². The van der Waals surface area contributed by atoms with E-state index < -0.39 is 10.0 Å². The lowest BCUT2D eigenvalue weighted by Gasteiger charge is -2.09. The maximum Gasteiger partial charge on any atom is 0.245 e. The third-order valence-corrected chi connectivity index (χ3v) is 3.30. The maximum atomic E-state index is 11.5. The quantitative estimate of drug-likeness (QED) is 0.677. The van der Waals surface area contributed by atoms with E-state index in [1.807, 2.05) is 0 Å². The number of rotatable bonds is 2. The van der Waals surface area contributed by atoms with Gasteiger partial charge < -0.3 is 0 Å². The molecule has 0 aliphatic carbocycles. The summed E-state index contributed by atoms with van der Waals surface area (Å²) in [4.78, 5) is 7.74. The van der Waals surface area contributed by atoms with Gasteiger partial charge in [-0.05, 0) is 6.92 Å². The van der Waals surface area contributed by atoms with Crippen molar-refractivity contribution in [2.75, 3.05) is 14.1 Å². The fraction of sp³-hybridized carbons (Fsp3) is 0.429. The molecule has 5 nitrogen and oxygen atoms in total. The minimum atomic E-state index is -3.39. The van der Waals surface area contributed by atoms with E-state index >= 15 is 0 Å². The summed E-state index contributed by atoms with van der Waals surface area (Å²) in [6.45, 7) is 1.70. The van der Waals surface area contributed by atoms with Crippen LogP contribution in [0, 0.1) is 6.92 Å². The highest BCUT2D eigenvalue weighted by atomic mass is 32.2. The molecule has 0 N–H and O–H groups in total. The lowest BCUT2D eigenvalue weighted by atomic mass is 10.6. The molecule has 1 aromatic rings. The van der Waals surface area contributed by atoms with Crippen LogP contribution >= 0.6 is 0 Å². The fourth-order valence-corrected chi connectivity index (χ4v) is 1.52. The summed E-state index contributed by atoms with van der Waals surface area (Å²) in [5.74, 6) is 0.553. The molecule has 1 rings (SSSR count). The molecular weight excluding hydrogens is 190 g/mol. The van der Waals surface area contributed by atoms with E-state index in [2.05, 4.69) is 9.97 Å². The van der Waals surface area contributed by atoms with Crippen molar-refractivity contribution in [3.8, 4) is 0 Å². The molecule has 0 aliphatic heterocycles. The van der Waals surface area contributed by atoms with Crippen LogP contribution in [0.15, 0.2) is 17.3 Å². The lowest BCUT2D eigenvalue weighted by molar-refractivity contribution is 0.519. The van der Waals surface area contributed by atoms with Gasteiger partial charge in [0, 0.05) is 14.1 Å². The van der Waals surface area contributed by atoms with Crippen molar-refractivity contribution < 1.29 is 8.42 Å². The second kappa shape index (κ2) is 3.39. The van der Waals surface area contributed by atoms with Gasteiger partial charge in [-0.25, -0.2) is 22.7 Å². The van der Waals surface area contributed by atoms with Crippen molar-refractivity contribution in [2.45, 2.75) is 11.8 Å². The smallest absolute Gasteiger partial charge is 0.240 e. The maximum absolute atomic E-state index is 11.5. The third-order valence-electron chi connectivity index (χ3n) is 1.54. The molecule has 0 bridgehead atoms. The van der Waals surface area contributed by atoms with Gasteiger partial charge in [-0.15, -0.1) is 0 Å². The zero-order valence-corrected chi connectivity index (χ0v) is 8.54. The van der Waals surface area contributed by atoms with Crippen molar-refractivity contribution in [3.05, 3.63) is 18.2 Å². The van der Waals surface area contributed by atoms with E-state index in [1.165, 1.54) is 26.5 Å². The molecule has 0 saturated heterocycles. The molecule has 0 radical (unpaired) electrons. The van der Waals surface area contributed by atoms with Crippen LogP contribution in [0.3, 0.4) is 0 Å². The molecule has 6 heteroatoms. The first-order valence-corrected chi connectivity index (χ1v) is 5.10. The van der Waals surface area contributed by atoms with E-state index in [4.69, 9.17) is 0 Å². The number of nitrogens with zero attached hydrogens (tertiary/aromatic N) is 3. The average Bonchev–Trinajstić information content (AvgIpc) is 2.04. The average molecular weight is 201 g/mol. The molecule has 0 fully saturated rings. The van der Waals surface area contributed by atoms with E-state index in [9.17, 15) is 8.42 Å². The Morgan fingerprint density at radius 3 is 2.08 bits per heavy atom. The summed E-state index contributed by atoms with van der Waals surface area (Å²) in [5, 5.41) is 0. The van der Waals surface area contributed by atoms with E-state index in [1.54, 1.807) is 6.92 Å². The molecule has 0 spiro atoms. The second-order valence-corrected chi connectivity index (χ2v) is 4.91. The largest absolute Gasteiger partial charge is 0.245 e. The van der Waals surface area contributed by atoms with Crippen molar-refractivity contribution >= 4 is 10.0 Å². The van der Waals surface area contributed by atoms with Gasteiger partial charge in [-0.1, -0.05) is 0 Å². The van der Waals surface area contributed by atoms with E-state index in [0.29, 0.717) is 5.82 Å². The predicted octanol–water partition coefficient (Wildman–Crippen LogP) is 0.0353. The Hall–Kier alpha value is -1.01. The summed E-state index contributed by atoms with van der Waals surface area (Å²) in [7, 11) is -0.450. The predicted molar refractivity (Wildman–Crippen MR) is 47.6 cm³/mol. The monoisotopic (exact) mass is 201 g/mol. The summed E-state index contributed by atoms with van der Waals surface area (Å²) in [5.41, 5.74) is 0. The SMILES string of the molecule is Cc1ncc(S(=O)(=O)N(C)C)cn1. The van der Waals surface area contributed by atoms with Gasteiger partial charge in [0.2, 0.25) is 10.0 Å². The van der Waals surface area contributed by atoms with Gasteiger partial charge >= 0.3 is 0 Å². The number of aryl methyl sites for hydroxylation is 1. The number of hydrogen-bond donors (Lipinski definition) is 0. The molecule has 0 saturated carbocycles. The standard InChI is InChI=1S/C7H11N3O2S/c1-6-8-4-7(5-9-6)13(11,12)10(2)3/h4-5H,1-3H3. The first-order valence-electron chi connectivity index (χ1n) is 3.66. The van der Waals surface area contributed by atoms with E-state index in [-0.39, 0.29) is 4.90 Å². The van der Waals surface area contributed by atoms with Crippen LogP contribution in [0.1, 0.15) is 5.82 Å². The highest BCUT2D eigenvalue weighted by molar-refractivity contribution is 7.89. The van der Waals surface area contributed by atoms with Crippen molar-refractivity contribution in [1.29, 1.82) is 0 Å². The number of hydrogen-bond acceptors (Lipinski definition) is 4. The van der Waals surface area contributed by atoms with Crippen LogP contribution in [0.2, 0.25) is 0 Å². The third kappa shape index (κ3) is 2.02. The Balaban J connectivity index is 3.17. The zero-order valence-electron chi connectivity index (χ0n) is 7.72. The Morgan fingerprint density at radius 2 is 1.69 bits per heavy atom. The minimum Gasteiger partial charge on any atom is -0.240 e. The summed E-state index contributed by atoms with van der Waals surface area (Å²) in [6.07, 6.45) is 2.61. The Kier molecular flexibility index (Phi) is 2.63. The topological polar surface area (TPSA) is 63.2 Å². The summed E-state index contributed by atoms with van der Waals surface area (Å²) >= 11 is 0. The van der Waals surface area contributed by atoms with Crippen LogP contribution in [0.25, 0.3) is 0 Å². The highest BCUT2D eigenvalue weighted by Gasteiger charge is 2.17. The normalized spacial score (nSPS) is 12.0. The van der Waals surface area contributed by atoms with Crippen molar-refractivity contribution in [2.24, 2.45) is 0 Å². The number of aromatic nitrogens is 2. The highest BCUT2D eigenvalue weighted by Crippen LogP contribution is 2.09. The molecule has 13 heavy (non-hydrogen) atoms. The molecule has 72 valence electrons. The lowest BCUT2D eigenvalue weighted by Crippen LogP contribution is -2.22. The van der Waals surface area contributed by atoms with Crippen LogP contribution in [-0.2, 0) is 10.0 Å². The molecule has 0 atom stereocenters. The first-order chi connectivity index (χ1) is 5.94. The minimum absolute atomic E-state index is 0.114. The number of sulfonamides is 1. The molecule has 1 heterocycles. The Morgan fingerprint density at radius 1 is 1.23 bits per heavy atom. The molecule has 0 unspecified atom stereocenters. The van der Waals surface area contributed by atoms with Crippen LogP contribution in [-0.4, -0.2) is 36.8 Å². The van der Waals surface area contributed by atoms with E-state index in [0.717, 1.165) is 4.31 Å².